The first-order valence-corrected chi connectivity index (χ1v) is 9.46. The number of hydrogen-bond donors (Lipinski definition) is 1. The van der Waals surface area contributed by atoms with Gasteiger partial charge in [-0.05, 0) is 29.3 Å². The predicted molar refractivity (Wildman–Crippen MR) is 103 cm³/mol. The van der Waals surface area contributed by atoms with Gasteiger partial charge in [-0.15, -0.1) is 0 Å². The van der Waals surface area contributed by atoms with Crippen molar-refractivity contribution in [3.63, 3.8) is 0 Å². The number of quaternary nitrogens is 1. The first-order chi connectivity index (χ1) is 13.1. The minimum absolute atomic E-state index is 0. The molecule has 0 amide bonds. The second-order valence-electron chi connectivity index (χ2n) is 7.38. The van der Waals surface area contributed by atoms with Gasteiger partial charge in [0.2, 0.25) is 0 Å². The molecule has 0 aromatic heterocycles. The van der Waals surface area contributed by atoms with Gasteiger partial charge in [-0.2, -0.15) is 0 Å². The highest BCUT2D eigenvalue weighted by Crippen LogP contribution is 2.44. The van der Waals surface area contributed by atoms with Crippen LogP contribution in [0, 0.1) is 0 Å². The first kappa shape index (κ1) is 20.6. The van der Waals surface area contributed by atoms with Gasteiger partial charge in [-0.25, -0.2) is 0 Å². The van der Waals surface area contributed by atoms with Crippen molar-refractivity contribution >= 4 is 0 Å². The van der Waals surface area contributed by atoms with Crippen LogP contribution in [0.1, 0.15) is 41.1 Å². The summed E-state index contributed by atoms with van der Waals surface area (Å²) in [5.41, 5.74) is 5.38. The van der Waals surface area contributed by atoms with E-state index in [1.54, 1.807) is 33.3 Å². The Labute approximate surface area is 172 Å². The molecule has 0 bridgehead atoms. The number of nitrogens with one attached hydrogen (secondary N) is 1. The molecule has 28 heavy (non-hydrogen) atoms. The van der Waals surface area contributed by atoms with E-state index in [1.165, 1.54) is 22.3 Å². The molecule has 3 atom stereocenters. The fourth-order valence-electron chi connectivity index (χ4n) is 4.96. The summed E-state index contributed by atoms with van der Waals surface area (Å²) in [7, 11) is 6.83. The number of benzene rings is 2. The third-order valence-electron chi connectivity index (χ3n) is 6.21. The zero-order chi connectivity index (χ0) is 19.1. The molecule has 0 saturated carbocycles. The summed E-state index contributed by atoms with van der Waals surface area (Å²) in [6.07, 6.45) is 1.04. The van der Waals surface area contributed by atoms with Crippen LogP contribution in [0.2, 0.25) is 0 Å². The van der Waals surface area contributed by atoms with Gasteiger partial charge in [0.05, 0.1) is 40.5 Å². The van der Waals surface area contributed by atoms with Gasteiger partial charge in [-0.3, -0.25) is 0 Å². The van der Waals surface area contributed by atoms with Crippen LogP contribution in [-0.2, 0) is 13.0 Å². The van der Waals surface area contributed by atoms with E-state index in [9.17, 15) is 0 Å². The lowest BCUT2D eigenvalue weighted by Crippen LogP contribution is -3.13. The third kappa shape index (κ3) is 3.07. The topological polar surface area (TPSA) is 41.4 Å². The minimum atomic E-state index is 0. The predicted octanol–water partition coefficient (Wildman–Crippen LogP) is -0.476. The highest BCUT2D eigenvalue weighted by atomic mass is 35.5. The van der Waals surface area contributed by atoms with Crippen molar-refractivity contribution in [1.82, 2.24) is 0 Å². The molecule has 0 aliphatic carbocycles. The maximum Gasteiger partial charge on any atom is 0.169 e. The van der Waals surface area contributed by atoms with Gasteiger partial charge >= 0.3 is 0 Å². The van der Waals surface area contributed by atoms with E-state index >= 15 is 0 Å². The monoisotopic (exact) mass is 405 g/mol. The Balaban J connectivity index is 0.00000225. The summed E-state index contributed by atoms with van der Waals surface area (Å²) in [4.78, 5) is 1.57. The van der Waals surface area contributed by atoms with Crippen molar-refractivity contribution in [3.8, 4) is 23.0 Å². The van der Waals surface area contributed by atoms with E-state index in [1.807, 2.05) is 6.07 Å². The highest BCUT2D eigenvalue weighted by molar-refractivity contribution is 5.54. The first-order valence-electron chi connectivity index (χ1n) is 9.46. The molecular formula is C22H28ClNO4. The van der Waals surface area contributed by atoms with Crippen LogP contribution in [0.4, 0.5) is 0 Å². The number of rotatable bonds is 4. The van der Waals surface area contributed by atoms with E-state index < -0.39 is 0 Å². The number of halogens is 1. The maximum absolute atomic E-state index is 5.72. The smallest absolute Gasteiger partial charge is 0.169 e. The molecule has 5 nitrogen and oxygen atoms in total. The van der Waals surface area contributed by atoms with Crippen molar-refractivity contribution in [3.05, 3.63) is 46.5 Å². The Morgan fingerprint density at radius 1 is 0.857 bits per heavy atom. The van der Waals surface area contributed by atoms with Crippen LogP contribution < -0.4 is 36.3 Å². The molecule has 152 valence electrons. The molecule has 2 aromatic rings. The van der Waals surface area contributed by atoms with E-state index in [0.29, 0.717) is 12.0 Å². The van der Waals surface area contributed by atoms with Crippen LogP contribution in [0.5, 0.6) is 23.0 Å². The van der Waals surface area contributed by atoms with E-state index in [-0.39, 0.29) is 12.4 Å². The maximum atomic E-state index is 5.72. The SMILES string of the molecule is COc1cc2c(cc1OC)[C@@H]1[C@H](C)c3ccc(OC)c(OC)c3C[NH+]1CC2.[Cl-]. The van der Waals surface area contributed by atoms with Crippen molar-refractivity contribution in [1.29, 1.82) is 0 Å². The second-order valence-corrected chi connectivity index (χ2v) is 7.38. The molecule has 0 fully saturated rings. The minimum Gasteiger partial charge on any atom is -1.00 e. The molecule has 0 spiro atoms. The summed E-state index contributed by atoms with van der Waals surface area (Å²) in [6.45, 7) is 4.36. The van der Waals surface area contributed by atoms with Crippen LogP contribution in [0.15, 0.2) is 24.3 Å². The largest absolute Gasteiger partial charge is 1.00 e. The lowest BCUT2D eigenvalue weighted by atomic mass is 9.77. The number of methoxy groups -OCH3 is 4. The Bertz CT molecular complexity index is 870. The molecule has 0 radical (unpaired) electrons. The summed E-state index contributed by atoms with van der Waals surface area (Å²) >= 11 is 0. The number of hydrogen-bond acceptors (Lipinski definition) is 4. The summed E-state index contributed by atoms with van der Waals surface area (Å²) in [5, 5.41) is 0. The molecule has 1 unspecified atom stereocenters. The average Bonchev–Trinajstić information content (AvgIpc) is 2.71. The summed E-state index contributed by atoms with van der Waals surface area (Å²) in [5.74, 6) is 3.69. The van der Waals surface area contributed by atoms with Crippen LogP contribution in [0.25, 0.3) is 0 Å². The van der Waals surface area contributed by atoms with Crippen LogP contribution in [0.3, 0.4) is 0 Å². The quantitative estimate of drug-likeness (QED) is 0.746. The Morgan fingerprint density at radius 3 is 2.18 bits per heavy atom. The molecule has 1 N–H and O–H groups in total. The molecule has 2 aliphatic heterocycles. The van der Waals surface area contributed by atoms with Crippen molar-refractivity contribution in [2.24, 2.45) is 0 Å². The normalized spacial score (nSPS) is 22.1. The Morgan fingerprint density at radius 2 is 1.54 bits per heavy atom. The summed E-state index contributed by atoms with van der Waals surface area (Å²) < 4.78 is 22.3. The Kier molecular flexibility index (Phi) is 5.96. The molecular weight excluding hydrogens is 378 g/mol. The lowest BCUT2D eigenvalue weighted by molar-refractivity contribution is -0.951. The zero-order valence-electron chi connectivity index (χ0n) is 17.1. The van der Waals surface area contributed by atoms with E-state index in [4.69, 9.17) is 18.9 Å². The number of fused-ring (bicyclic) bond motifs is 4. The van der Waals surface area contributed by atoms with Gasteiger partial charge in [0, 0.05) is 17.9 Å². The molecule has 2 aromatic carbocycles. The van der Waals surface area contributed by atoms with E-state index in [0.717, 1.165) is 42.5 Å². The van der Waals surface area contributed by atoms with Gasteiger partial charge in [0.25, 0.3) is 0 Å². The molecule has 0 saturated heterocycles. The standard InChI is InChI=1S/C22H27NO4.ClH/c1-13-15-6-7-18(24-2)22(27-5)17(15)12-23-9-8-14-10-19(25-3)20(26-4)11-16(14)21(13)23;/h6-7,10-11,13,21H,8-9,12H2,1-5H3;1H/t13-,21+;/m1./s1. The molecule has 2 heterocycles. The van der Waals surface area contributed by atoms with Crippen molar-refractivity contribution in [2.75, 3.05) is 35.0 Å². The molecule has 4 rings (SSSR count). The highest BCUT2D eigenvalue weighted by Gasteiger charge is 2.42. The number of ether oxygens (including phenoxy) is 4. The third-order valence-corrected chi connectivity index (χ3v) is 6.21. The van der Waals surface area contributed by atoms with Gasteiger partial charge in [0.15, 0.2) is 23.0 Å². The summed E-state index contributed by atoms with van der Waals surface area (Å²) in [6, 6.07) is 8.96. The van der Waals surface area contributed by atoms with E-state index in [2.05, 4.69) is 25.1 Å². The molecule has 6 heteroatoms. The average molecular weight is 406 g/mol. The fourth-order valence-corrected chi connectivity index (χ4v) is 4.96. The Hall–Kier alpha value is -2.11. The second kappa shape index (κ2) is 8.10. The zero-order valence-corrected chi connectivity index (χ0v) is 17.9. The van der Waals surface area contributed by atoms with Crippen molar-refractivity contribution in [2.45, 2.75) is 31.8 Å². The van der Waals surface area contributed by atoms with Gasteiger partial charge in [0.1, 0.15) is 12.6 Å². The van der Waals surface area contributed by atoms with Crippen LogP contribution in [-0.4, -0.2) is 35.0 Å². The van der Waals surface area contributed by atoms with Gasteiger partial charge in [-0.1, -0.05) is 13.0 Å². The van der Waals surface area contributed by atoms with Crippen LogP contribution >= 0.6 is 0 Å². The molecule has 2 aliphatic rings. The lowest BCUT2D eigenvalue weighted by Gasteiger charge is -2.42. The van der Waals surface area contributed by atoms with Crippen molar-refractivity contribution < 1.29 is 36.3 Å². The fraction of sp³-hybridized carbons (Fsp3) is 0.455. The van der Waals surface area contributed by atoms with Gasteiger partial charge < -0.3 is 36.3 Å².